The Morgan fingerprint density at radius 2 is 2.19 bits per heavy atom. The molecule has 0 saturated carbocycles. The molecule has 0 bridgehead atoms. The Labute approximate surface area is 159 Å². The molecule has 1 aliphatic heterocycles. The van der Waals surface area contributed by atoms with E-state index in [2.05, 4.69) is 10.3 Å². The minimum Gasteiger partial charge on any atom is -0.347 e. The molecule has 5 nitrogen and oxygen atoms in total. The monoisotopic (exact) mass is 385 g/mol. The first-order valence-electron chi connectivity index (χ1n) is 9.10. The number of nitrogens with one attached hydrogen (secondary N) is 1. The smallest absolute Gasteiger partial charge is 0.262 e. The number of benzene rings is 1. The van der Waals surface area contributed by atoms with E-state index in [0.29, 0.717) is 32.8 Å². The molecule has 27 heavy (non-hydrogen) atoms. The average Bonchev–Trinajstić information content (AvgIpc) is 2.82. The first-order valence-corrected chi connectivity index (χ1v) is 9.91. The van der Waals surface area contributed by atoms with Crippen molar-refractivity contribution in [2.75, 3.05) is 0 Å². The molecule has 1 N–H and O–H groups in total. The van der Waals surface area contributed by atoms with Crippen molar-refractivity contribution in [3.8, 4) is 0 Å². The zero-order valence-electron chi connectivity index (χ0n) is 15.0. The van der Waals surface area contributed by atoms with Crippen molar-refractivity contribution in [2.24, 2.45) is 0 Å². The quantitative estimate of drug-likeness (QED) is 0.750. The summed E-state index contributed by atoms with van der Waals surface area (Å²) in [5.41, 5.74) is 1.31. The van der Waals surface area contributed by atoms with Gasteiger partial charge in [0, 0.05) is 19.5 Å². The number of nitrogens with zero attached hydrogens (tertiary/aromatic N) is 2. The van der Waals surface area contributed by atoms with Crippen molar-refractivity contribution in [2.45, 2.75) is 45.7 Å². The van der Waals surface area contributed by atoms with E-state index in [1.165, 1.54) is 23.5 Å². The molecule has 4 rings (SSSR count). The molecule has 3 aromatic rings. The second-order valence-electron chi connectivity index (χ2n) is 6.84. The number of aromatic nitrogens is 2. The third kappa shape index (κ3) is 3.39. The Hall–Kier alpha value is -2.54. The molecule has 3 heterocycles. The zero-order chi connectivity index (χ0) is 19.0. The third-order valence-corrected chi connectivity index (χ3v) is 6.14. The summed E-state index contributed by atoms with van der Waals surface area (Å²) in [4.78, 5) is 31.4. The molecule has 0 unspecified atom stereocenters. The van der Waals surface area contributed by atoms with E-state index in [9.17, 15) is 14.0 Å². The SMILES string of the molecule is Cc1c(C(=O)NCc2cccc(F)c2)sc2nc3n(c(=O)c12)CCCCC3. The molecule has 2 aromatic heterocycles. The normalized spacial score (nSPS) is 14.0. The van der Waals surface area contributed by atoms with Gasteiger partial charge in [0.25, 0.3) is 11.5 Å². The van der Waals surface area contributed by atoms with Crippen LogP contribution in [-0.2, 0) is 19.5 Å². The molecule has 7 heteroatoms. The standard InChI is InChI=1S/C20H20FN3O2S/c1-12-16-19(23-15-8-3-2-4-9-24(15)20(16)26)27-17(12)18(25)22-11-13-6-5-7-14(21)10-13/h5-7,10H,2-4,8-9,11H2,1H3,(H,22,25). The second-order valence-corrected chi connectivity index (χ2v) is 7.84. The lowest BCUT2D eigenvalue weighted by atomic mass is 10.2. The van der Waals surface area contributed by atoms with Gasteiger partial charge in [0.2, 0.25) is 0 Å². The van der Waals surface area contributed by atoms with Crippen LogP contribution >= 0.6 is 11.3 Å². The Morgan fingerprint density at radius 1 is 1.33 bits per heavy atom. The van der Waals surface area contributed by atoms with Crippen molar-refractivity contribution in [3.05, 3.63) is 62.3 Å². The van der Waals surface area contributed by atoms with Gasteiger partial charge >= 0.3 is 0 Å². The Kier molecular flexibility index (Phi) is 4.78. The minimum absolute atomic E-state index is 0.0465. The summed E-state index contributed by atoms with van der Waals surface area (Å²) < 4.78 is 15.1. The van der Waals surface area contributed by atoms with Crippen LogP contribution < -0.4 is 10.9 Å². The maximum Gasteiger partial charge on any atom is 0.262 e. The lowest BCUT2D eigenvalue weighted by Crippen LogP contribution is -2.25. The summed E-state index contributed by atoms with van der Waals surface area (Å²) >= 11 is 1.25. The van der Waals surface area contributed by atoms with Gasteiger partial charge in [0.1, 0.15) is 16.5 Å². The topological polar surface area (TPSA) is 64.0 Å². The van der Waals surface area contributed by atoms with Gasteiger partial charge in [-0.3, -0.25) is 14.2 Å². The molecule has 0 spiro atoms. The van der Waals surface area contributed by atoms with Crippen LogP contribution in [0.3, 0.4) is 0 Å². The van der Waals surface area contributed by atoms with Crippen LogP contribution in [0.4, 0.5) is 4.39 Å². The highest BCUT2D eigenvalue weighted by atomic mass is 32.1. The molecule has 0 atom stereocenters. The highest BCUT2D eigenvalue weighted by Crippen LogP contribution is 2.28. The largest absolute Gasteiger partial charge is 0.347 e. The number of amides is 1. The van der Waals surface area contributed by atoms with Gasteiger partial charge in [0.05, 0.1) is 10.3 Å². The van der Waals surface area contributed by atoms with Gasteiger partial charge in [-0.25, -0.2) is 9.37 Å². The summed E-state index contributed by atoms with van der Waals surface area (Å²) in [6.07, 6.45) is 3.90. The van der Waals surface area contributed by atoms with E-state index in [-0.39, 0.29) is 23.8 Å². The van der Waals surface area contributed by atoms with E-state index < -0.39 is 0 Å². The molecular weight excluding hydrogens is 365 g/mol. The van der Waals surface area contributed by atoms with E-state index >= 15 is 0 Å². The maximum absolute atomic E-state index is 13.3. The van der Waals surface area contributed by atoms with Gasteiger partial charge in [-0.1, -0.05) is 18.6 Å². The number of hydrogen-bond donors (Lipinski definition) is 1. The van der Waals surface area contributed by atoms with E-state index in [1.807, 2.05) is 0 Å². The first kappa shape index (κ1) is 17.9. The minimum atomic E-state index is -0.335. The molecule has 1 aliphatic rings. The van der Waals surface area contributed by atoms with Gasteiger partial charge in [-0.05, 0) is 43.0 Å². The molecule has 0 saturated heterocycles. The number of rotatable bonds is 3. The Balaban J connectivity index is 1.66. The number of fused-ring (bicyclic) bond motifs is 2. The molecule has 140 valence electrons. The maximum atomic E-state index is 13.3. The van der Waals surface area contributed by atoms with E-state index in [4.69, 9.17) is 0 Å². The van der Waals surface area contributed by atoms with Crippen LogP contribution in [0.25, 0.3) is 10.2 Å². The first-order chi connectivity index (χ1) is 13.0. The number of carbonyl (C=O) groups excluding carboxylic acids is 1. The van der Waals surface area contributed by atoms with Crippen molar-refractivity contribution in [3.63, 3.8) is 0 Å². The molecule has 1 aromatic carbocycles. The third-order valence-electron chi connectivity index (χ3n) is 4.96. The van der Waals surface area contributed by atoms with Crippen LogP contribution in [0.15, 0.2) is 29.1 Å². The molecule has 0 fully saturated rings. The highest BCUT2D eigenvalue weighted by molar-refractivity contribution is 7.20. The van der Waals surface area contributed by atoms with Gasteiger partial charge in [-0.15, -0.1) is 11.3 Å². The molecule has 0 radical (unpaired) electrons. The van der Waals surface area contributed by atoms with Crippen LogP contribution in [0.5, 0.6) is 0 Å². The fourth-order valence-corrected chi connectivity index (χ4v) is 4.64. The van der Waals surface area contributed by atoms with Crippen molar-refractivity contribution in [1.82, 2.24) is 14.9 Å². The summed E-state index contributed by atoms with van der Waals surface area (Å²) in [6.45, 7) is 2.71. The van der Waals surface area contributed by atoms with Crippen molar-refractivity contribution < 1.29 is 9.18 Å². The highest BCUT2D eigenvalue weighted by Gasteiger charge is 2.22. The average molecular weight is 385 g/mol. The zero-order valence-corrected chi connectivity index (χ0v) is 15.9. The van der Waals surface area contributed by atoms with E-state index in [0.717, 1.165) is 31.5 Å². The number of halogens is 1. The van der Waals surface area contributed by atoms with Gasteiger partial charge < -0.3 is 5.32 Å². The molecule has 1 amide bonds. The number of thiophene rings is 1. The predicted molar refractivity (Wildman–Crippen MR) is 104 cm³/mol. The van der Waals surface area contributed by atoms with Crippen molar-refractivity contribution >= 4 is 27.5 Å². The lowest BCUT2D eigenvalue weighted by Gasteiger charge is -2.08. The molecular formula is C20H20FN3O2S. The van der Waals surface area contributed by atoms with Gasteiger partial charge in [-0.2, -0.15) is 0 Å². The Morgan fingerprint density at radius 3 is 3.00 bits per heavy atom. The summed E-state index contributed by atoms with van der Waals surface area (Å²) in [5, 5.41) is 3.35. The number of carbonyl (C=O) groups is 1. The fourth-order valence-electron chi connectivity index (χ4n) is 3.54. The summed E-state index contributed by atoms with van der Waals surface area (Å²) in [5.74, 6) is 0.218. The molecule has 0 aliphatic carbocycles. The number of aryl methyl sites for hydroxylation is 2. The summed E-state index contributed by atoms with van der Waals surface area (Å²) in [6, 6.07) is 6.12. The van der Waals surface area contributed by atoms with Gasteiger partial charge in [0.15, 0.2) is 0 Å². The second kappa shape index (κ2) is 7.23. The number of hydrogen-bond acceptors (Lipinski definition) is 4. The van der Waals surface area contributed by atoms with Crippen LogP contribution in [0, 0.1) is 12.7 Å². The van der Waals surface area contributed by atoms with E-state index in [1.54, 1.807) is 23.6 Å². The van der Waals surface area contributed by atoms with Crippen LogP contribution in [0.1, 0.15) is 45.9 Å². The predicted octanol–water partition coefficient (Wildman–Crippen LogP) is 3.56. The lowest BCUT2D eigenvalue weighted by molar-refractivity contribution is 0.0954. The fraction of sp³-hybridized carbons (Fsp3) is 0.350. The van der Waals surface area contributed by atoms with Crippen LogP contribution in [-0.4, -0.2) is 15.5 Å². The van der Waals surface area contributed by atoms with Crippen LogP contribution in [0.2, 0.25) is 0 Å². The Bertz CT molecular complexity index is 1090. The van der Waals surface area contributed by atoms with Crippen molar-refractivity contribution in [1.29, 1.82) is 0 Å². The summed E-state index contributed by atoms with van der Waals surface area (Å²) in [7, 11) is 0.